The van der Waals surface area contributed by atoms with Crippen molar-refractivity contribution in [1.82, 2.24) is 0 Å². The van der Waals surface area contributed by atoms with Crippen LogP contribution in [-0.4, -0.2) is 82.7 Å². The van der Waals surface area contributed by atoms with Gasteiger partial charge in [0, 0.05) is 0 Å². The second kappa shape index (κ2) is 16.6. The van der Waals surface area contributed by atoms with Crippen molar-refractivity contribution in [2.45, 2.75) is 113 Å². The highest BCUT2D eigenvalue weighted by Gasteiger charge is 2.81. The summed E-state index contributed by atoms with van der Waals surface area (Å²) in [4.78, 5) is 37.5. The Morgan fingerprint density at radius 3 is 1.93 bits per heavy atom. The van der Waals surface area contributed by atoms with Gasteiger partial charge in [-0.05, 0) is 25.7 Å². The van der Waals surface area contributed by atoms with Crippen LogP contribution >= 0.6 is 12.0 Å². The molecule has 1 fully saturated rings. The number of quaternary nitrogens is 1. The zero-order chi connectivity index (χ0) is 33.9. The standard InChI is InChI=1S/C25H36F9NO8S/c1-3-5-7-9-13-35(14-10-8-6-4-2)18(36)11-15-40-19(37)17-21(35,44-43-42-39)20(38)41-16-12-22(26,27)23(28,29)24(30,31)25(32,33)34/h3-17H2,1-2H3/p+1. The van der Waals surface area contributed by atoms with Crippen LogP contribution in [0.2, 0.25) is 0 Å². The van der Waals surface area contributed by atoms with Crippen molar-refractivity contribution in [3.05, 3.63) is 0 Å². The van der Waals surface area contributed by atoms with E-state index in [-0.39, 0.29) is 44.6 Å². The van der Waals surface area contributed by atoms with Crippen LogP contribution in [0, 0.1) is 0 Å². The van der Waals surface area contributed by atoms with Gasteiger partial charge in [0.2, 0.25) is 0 Å². The molecule has 1 saturated heterocycles. The van der Waals surface area contributed by atoms with E-state index in [9.17, 15) is 53.9 Å². The number of amides is 1. The molecule has 1 atom stereocenters. The Balaban J connectivity index is 3.58. The molecule has 1 N–H and O–H groups in total. The van der Waals surface area contributed by atoms with E-state index in [1.807, 2.05) is 13.8 Å². The number of alkyl halides is 9. The third-order valence-corrected chi connectivity index (χ3v) is 8.36. The minimum Gasteiger partial charge on any atom is -0.465 e. The van der Waals surface area contributed by atoms with Gasteiger partial charge in [-0.3, -0.25) is 4.79 Å². The van der Waals surface area contributed by atoms with Crippen molar-refractivity contribution in [2.75, 3.05) is 26.3 Å². The van der Waals surface area contributed by atoms with Crippen molar-refractivity contribution >= 4 is 29.9 Å². The Kier molecular flexibility index (Phi) is 15.2. The second-order valence-corrected chi connectivity index (χ2v) is 11.3. The van der Waals surface area contributed by atoms with Crippen LogP contribution in [-0.2, 0) is 33.2 Å². The van der Waals surface area contributed by atoms with Gasteiger partial charge in [0.1, 0.15) is 25.1 Å². The minimum absolute atomic E-state index is 0.112. The lowest BCUT2D eigenvalue weighted by Gasteiger charge is -2.48. The van der Waals surface area contributed by atoms with Crippen molar-refractivity contribution in [3.63, 3.8) is 0 Å². The maximum absolute atomic E-state index is 14.2. The number of esters is 2. The molecule has 258 valence electrons. The van der Waals surface area contributed by atoms with E-state index in [0.29, 0.717) is 25.7 Å². The average Bonchev–Trinajstić information content (AvgIpc) is 2.92. The summed E-state index contributed by atoms with van der Waals surface area (Å²) in [5, 5.41) is 12.5. The fraction of sp³-hybridized carbons (Fsp3) is 0.880. The monoisotopic (exact) mass is 682 g/mol. The summed E-state index contributed by atoms with van der Waals surface area (Å²) in [6, 6.07) is 0. The summed E-state index contributed by atoms with van der Waals surface area (Å²) in [7, 11) is 0. The first-order valence-electron chi connectivity index (χ1n) is 13.9. The van der Waals surface area contributed by atoms with E-state index < -0.39 is 77.0 Å². The smallest absolute Gasteiger partial charge is 0.460 e. The van der Waals surface area contributed by atoms with E-state index in [2.05, 4.69) is 9.37 Å². The Hall–Kier alpha value is -1.83. The van der Waals surface area contributed by atoms with Crippen LogP contribution in [0.4, 0.5) is 39.5 Å². The lowest BCUT2D eigenvalue weighted by Crippen LogP contribution is -2.71. The molecule has 0 aromatic rings. The van der Waals surface area contributed by atoms with E-state index in [0.717, 1.165) is 12.8 Å². The third kappa shape index (κ3) is 8.91. The van der Waals surface area contributed by atoms with Crippen LogP contribution in [0.1, 0.15) is 84.5 Å². The maximum Gasteiger partial charge on any atom is 0.460 e. The maximum atomic E-state index is 14.2. The molecule has 0 bridgehead atoms. The number of carbonyl (C=O) groups excluding carboxylic acids is 3. The molecule has 0 aromatic carbocycles. The molecule has 0 aliphatic carbocycles. The molecule has 1 heterocycles. The zero-order valence-electron chi connectivity index (χ0n) is 24.2. The van der Waals surface area contributed by atoms with Crippen molar-refractivity contribution in [3.8, 4) is 0 Å². The summed E-state index contributed by atoms with van der Waals surface area (Å²) in [5.41, 5.74) is 0. The normalized spacial score (nSPS) is 20.2. The number of carbonyl (C=O) groups is 3. The van der Waals surface area contributed by atoms with E-state index in [1.165, 1.54) is 0 Å². The lowest BCUT2D eigenvalue weighted by molar-refractivity contribution is -0.882. The molecular formula is C25H37F9NO8S+. The van der Waals surface area contributed by atoms with E-state index >= 15 is 0 Å². The van der Waals surface area contributed by atoms with Gasteiger partial charge in [-0.15, -0.1) is 4.33 Å². The van der Waals surface area contributed by atoms with Crippen molar-refractivity contribution in [2.24, 2.45) is 0 Å². The molecule has 1 rings (SSSR count). The van der Waals surface area contributed by atoms with E-state index in [1.54, 1.807) is 0 Å². The van der Waals surface area contributed by atoms with Gasteiger partial charge in [-0.1, -0.05) is 44.6 Å². The second-order valence-electron chi connectivity index (χ2n) is 10.3. The molecule has 0 radical (unpaired) electrons. The van der Waals surface area contributed by atoms with Crippen molar-refractivity contribution in [1.29, 1.82) is 0 Å². The van der Waals surface area contributed by atoms with E-state index in [4.69, 9.17) is 14.7 Å². The first-order chi connectivity index (χ1) is 20.3. The fourth-order valence-corrected chi connectivity index (χ4v) is 5.68. The number of ether oxygens (including phenoxy) is 2. The molecular weight excluding hydrogens is 645 g/mol. The number of nitrogens with zero attached hydrogens (tertiary/aromatic N) is 1. The topological polar surface area (TPSA) is 108 Å². The number of halogens is 9. The molecule has 0 spiro atoms. The molecule has 19 heteroatoms. The van der Waals surface area contributed by atoms with Crippen LogP contribution < -0.4 is 0 Å². The first kappa shape index (κ1) is 40.2. The molecule has 0 saturated carbocycles. The summed E-state index contributed by atoms with van der Waals surface area (Å²) >= 11 is -0.112. The predicted molar refractivity (Wildman–Crippen MR) is 135 cm³/mol. The summed E-state index contributed by atoms with van der Waals surface area (Å²) in [6.45, 7) is 1.25. The minimum atomic E-state index is -7.14. The molecule has 1 unspecified atom stereocenters. The Bertz CT molecular complexity index is 943. The van der Waals surface area contributed by atoms with Gasteiger partial charge in [0.15, 0.2) is 0 Å². The Labute approximate surface area is 252 Å². The molecule has 1 aliphatic heterocycles. The SMILES string of the molecule is CCCCCC[N+]1(CCCCCC)C(=O)CCOC(=O)CC1(SOOO)C(=O)OCCC(F)(F)C(F)(F)C(F)(F)C(F)(F)F. The predicted octanol–water partition coefficient (Wildman–Crippen LogP) is 6.99. The van der Waals surface area contributed by atoms with Crippen molar-refractivity contribution < 1.29 is 82.5 Å². The van der Waals surface area contributed by atoms with Crippen LogP contribution in [0.15, 0.2) is 0 Å². The summed E-state index contributed by atoms with van der Waals surface area (Å²) in [5.74, 6) is -23.7. The van der Waals surface area contributed by atoms with Gasteiger partial charge < -0.3 is 9.47 Å². The van der Waals surface area contributed by atoms with Crippen LogP contribution in [0.5, 0.6) is 0 Å². The van der Waals surface area contributed by atoms with Gasteiger partial charge >= 0.3 is 41.8 Å². The van der Waals surface area contributed by atoms with Gasteiger partial charge in [0.25, 0.3) is 4.87 Å². The number of cyclic esters (lactones) is 1. The third-order valence-electron chi connectivity index (χ3n) is 7.30. The average molecular weight is 683 g/mol. The summed E-state index contributed by atoms with van der Waals surface area (Å²) < 4.78 is 133. The molecule has 9 nitrogen and oxygen atoms in total. The largest absolute Gasteiger partial charge is 0.465 e. The van der Waals surface area contributed by atoms with Crippen LogP contribution in [0.25, 0.3) is 0 Å². The van der Waals surface area contributed by atoms with Gasteiger partial charge in [-0.25, -0.2) is 19.3 Å². The summed E-state index contributed by atoms with van der Waals surface area (Å²) in [6.07, 6.45) is -6.51. The molecule has 44 heavy (non-hydrogen) atoms. The zero-order valence-corrected chi connectivity index (χ0v) is 25.0. The lowest BCUT2D eigenvalue weighted by atomic mass is 10.00. The quantitative estimate of drug-likeness (QED) is 0.0293. The van der Waals surface area contributed by atoms with Gasteiger partial charge in [-0.2, -0.15) is 39.5 Å². The first-order valence-corrected chi connectivity index (χ1v) is 14.7. The Morgan fingerprint density at radius 1 is 0.909 bits per heavy atom. The fourth-order valence-electron chi connectivity index (χ4n) is 4.81. The number of hydrogen-bond acceptors (Lipinski definition) is 9. The van der Waals surface area contributed by atoms with Crippen LogP contribution in [0.3, 0.4) is 0 Å². The molecule has 1 amide bonds. The number of rotatable bonds is 19. The highest BCUT2D eigenvalue weighted by molar-refractivity contribution is 7.96. The number of hydrogen-bond donors (Lipinski definition) is 1. The highest BCUT2D eigenvalue weighted by atomic mass is 32.2. The molecule has 0 aromatic heterocycles. The Morgan fingerprint density at radius 2 is 1.45 bits per heavy atom. The molecule has 1 aliphatic rings. The van der Waals surface area contributed by atoms with Gasteiger partial charge in [0.05, 0.1) is 32.5 Å². The number of unbranched alkanes of at least 4 members (excludes halogenated alkanes) is 6. The highest BCUT2D eigenvalue weighted by Crippen LogP contribution is 2.54.